The first-order valence-electron chi connectivity index (χ1n) is 10.0. The average Bonchev–Trinajstić information content (AvgIpc) is 3.21. The van der Waals surface area contributed by atoms with Crippen molar-refractivity contribution in [1.29, 1.82) is 0 Å². The van der Waals surface area contributed by atoms with Gasteiger partial charge in [0.25, 0.3) is 0 Å². The number of rotatable bonds is 6. The molecule has 1 aliphatic rings. The quantitative estimate of drug-likeness (QED) is 0.764. The number of benzene rings is 2. The molecule has 30 heavy (non-hydrogen) atoms. The lowest BCUT2D eigenvalue weighted by atomic mass is 10.0. The minimum atomic E-state index is -3.88. The molecule has 3 rings (SSSR count). The smallest absolute Gasteiger partial charge is 0.248 e. The summed E-state index contributed by atoms with van der Waals surface area (Å²) >= 11 is 0. The summed E-state index contributed by atoms with van der Waals surface area (Å²) in [5.74, 6) is -0.944. The van der Waals surface area contributed by atoms with Crippen LogP contribution >= 0.6 is 0 Å². The van der Waals surface area contributed by atoms with Crippen LogP contribution in [0.4, 0.5) is 0 Å². The molecular weight excluding hydrogens is 400 g/mol. The fourth-order valence-electron chi connectivity index (χ4n) is 4.27. The van der Waals surface area contributed by atoms with Crippen molar-refractivity contribution < 1.29 is 18.0 Å². The highest BCUT2D eigenvalue weighted by atomic mass is 32.2. The van der Waals surface area contributed by atoms with Crippen molar-refractivity contribution in [2.75, 3.05) is 7.05 Å². The summed E-state index contributed by atoms with van der Waals surface area (Å²) in [6, 6.07) is 12.0. The van der Waals surface area contributed by atoms with E-state index in [4.69, 9.17) is 5.73 Å². The Kier molecular flexibility index (Phi) is 6.04. The minimum Gasteiger partial charge on any atom is -0.366 e. The Morgan fingerprint density at radius 3 is 2.37 bits per heavy atom. The third-order valence-electron chi connectivity index (χ3n) is 5.93. The molecular formula is C23H28N2O4S. The Balaban J connectivity index is 1.97. The van der Waals surface area contributed by atoms with Gasteiger partial charge >= 0.3 is 0 Å². The first-order chi connectivity index (χ1) is 14.1. The SMILES string of the molecule is Cc1ccc(C)c(S(=O)(=O)C2(C(=O)N(C)Cc3cccc(C(N)=O)c3)CCCC2)c1. The van der Waals surface area contributed by atoms with Gasteiger partial charge in [0.15, 0.2) is 14.6 Å². The summed E-state index contributed by atoms with van der Waals surface area (Å²) in [6.07, 6.45) is 2.02. The van der Waals surface area contributed by atoms with E-state index in [2.05, 4.69) is 0 Å². The molecule has 1 fully saturated rings. The van der Waals surface area contributed by atoms with E-state index in [0.29, 0.717) is 36.8 Å². The number of aryl methyl sites for hydroxylation is 2. The molecule has 0 atom stereocenters. The third-order valence-corrected chi connectivity index (χ3v) is 8.56. The highest BCUT2D eigenvalue weighted by Gasteiger charge is 2.54. The number of hydrogen-bond acceptors (Lipinski definition) is 4. The molecule has 1 aliphatic carbocycles. The monoisotopic (exact) mass is 428 g/mol. The lowest BCUT2D eigenvalue weighted by Crippen LogP contribution is -2.51. The van der Waals surface area contributed by atoms with Crippen LogP contribution in [0, 0.1) is 13.8 Å². The maximum Gasteiger partial charge on any atom is 0.248 e. The van der Waals surface area contributed by atoms with Crippen molar-refractivity contribution in [2.24, 2.45) is 5.73 Å². The molecule has 6 nitrogen and oxygen atoms in total. The van der Waals surface area contributed by atoms with Crippen molar-refractivity contribution in [3.05, 3.63) is 64.7 Å². The Morgan fingerprint density at radius 2 is 1.73 bits per heavy atom. The van der Waals surface area contributed by atoms with Gasteiger partial charge in [0.1, 0.15) is 0 Å². The first-order valence-corrected chi connectivity index (χ1v) is 11.5. The van der Waals surface area contributed by atoms with E-state index in [1.165, 1.54) is 4.90 Å². The lowest BCUT2D eigenvalue weighted by molar-refractivity contribution is -0.133. The number of sulfone groups is 1. The molecule has 2 aromatic rings. The zero-order valence-electron chi connectivity index (χ0n) is 17.6. The van der Waals surface area contributed by atoms with Crippen molar-refractivity contribution in [3.63, 3.8) is 0 Å². The Labute approximate surface area is 178 Å². The fourth-order valence-corrected chi connectivity index (χ4v) is 6.73. The molecule has 0 heterocycles. The van der Waals surface area contributed by atoms with Gasteiger partial charge < -0.3 is 10.6 Å². The largest absolute Gasteiger partial charge is 0.366 e. The van der Waals surface area contributed by atoms with E-state index in [-0.39, 0.29) is 11.4 Å². The van der Waals surface area contributed by atoms with Crippen molar-refractivity contribution in [1.82, 2.24) is 4.90 Å². The van der Waals surface area contributed by atoms with Crippen LogP contribution in [0.1, 0.15) is 52.7 Å². The van der Waals surface area contributed by atoms with Gasteiger partial charge in [-0.05, 0) is 61.6 Å². The molecule has 0 bridgehead atoms. The van der Waals surface area contributed by atoms with Crippen LogP contribution in [0.25, 0.3) is 0 Å². The van der Waals surface area contributed by atoms with Gasteiger partial charge in [0.05, 0.1) is 4.90 Å². The molecule has 1 saturated carbocycles. The predicted molar refractivity (Wildman–Crippen MR) is 116 cm³/mol. The number of primary amides is 1. The summed E-state index contributed by atoms with van der Waals surface area (Å²) < 4.78 is 26.1. The Bertz CT molecular complexity index is 1090. The van der Waals surface area contributed by atoms with Crippen LogP contribution in [-0.2, 0) is 21.2 Å². The van der Waals surface area contributed by atoms with Gasteiger partial charge in [0.2, 0.25) is 11.8 Å². The van der Waals surface area contributed by atoms with Crippen LogP contribution in [0.15, 0.2) is 47.4 Å². The fraction of sp³-hybridized carbons (Fsp3) is 0.391. The topological polar surface area (TPSA) is 97.5 Å². The zero-order valence-corrected chi connectivity index (χ0v) is 18.5. The number of hydrogen-bond donors (Lipinski definition) is 1. The van der Waals surface area contributed by atoms with Crippen molar-refractivity contribution in [2.45, 2.75) is 55.7 Å². The van der Waals surface area contributed by atoms with Crippen molar-refractivity contribution >= 4 is 21.7 Å². The molecule has 2 aromatic carbocycles. The summed E-state index contributed by atoms with van der Waals surface area (Å²) in [4.78, 5) is 26.7. The van der Waals surface area contributed by atoms with Gasteiger partial charge in [-0.15, -0.1) is 0 Å². The average molecular weight is 429 g/mol. The maximum atomic E-state index is 13.8. The summed E-state index contributed by atoms with van der Waals surface area (Å²) in [6.45, 7) is 3.81. The number of amides is 2. The van der Waals surface area contributed by atoms with Gasteiger partial charge in [0, 0.05) is 19.2 Å². The third kappa shape index (κ3) is 3.86. The van der Waals surface area contributed by atoms with E-state index in [0.717, 1.165) is 11.1 Å². The number of carbonyl (C=O) groups is 2. The van der Waals surface area contributed by atoms with Gasteiger partial charge in [-0.3, -0.25) is 9.59 Å². The van der Waals surface area contributed by atoms with Crippen molar-refractivity contribution in [3.8, 4) is 0 Å². The number of carbonyl (C=O) groups excluding carboxylic acids is 2. The minimum absolute atomic E-state index is 0.198. The van der Waals surface area contributed by atoms with Crippen LogP contribution in [0.3, 0.4) is 0 Å². The van der Waals surface area contributed by atoms with Crippen LogP contribution < -0.4 is 5.73 Å². The van der Waals surface area contributed by atoms with E-state index < -0.39 is 26.4 Å². The van der Waals surface area contributed by atoms with Crippen LogP contribution in [-0.4, -0.2) is 36.9 Å². The van der Waals surface area contributed by atoms with E-state index >= 15 is 0 Å². The molecule has 160 valence electrons. The first kappa shape index (κ1) is 22.0. The van der Waals surface area contributed by atoms with Crippen LogP contribution in [0.2, 0.25) is 0 Å². The lowest BCUT2D eigenvalue weighted by Gasteiger charge is -2.32. The van der Waals surface area contributed by atoms with Gasteiger partial charge in [-0.2, -0.15) is 0 Å². The second kappa shape index (κ2) is 8.22. The van der Waals surface area contributed by atoms with Gasteiger partial charge in [-0.1, -0.05) is 37.1 Å². The second-order valence-corrected chi connectivity index (χ2v) is 10.4. The highest BCUT2D eigenvalue weighted by Crippen LogP contribution is 2.43. The number of nitrogens with two attached hydrogens (primary N) is 1. The van der Waals surface area contributed by atoms with Gasteiger partial charge in [-0.25, -0.2) is 8.42 Å². The summed E-state index contributed by atoms with van der Waals surface area (Å²) in [7, 11) is -2.27. The summed E-state index contributed by atoms with van der Waals surface area (Å²) in [5.41, 5.74) is 7.91. The maximum absolute atomic E-state index is 13.8. The summed E-state index contributed by atoms with van der Waals surface area (Å²) in [5, 5.41) is 0. The number of nitrogens with zero attached hydrogens (tertiary/aromatic N) is 1. The van der Waals surface area contributed by atoms with Crippen LogP contribution in [0.5, 0.6) is 0 Å². The Morgan fingerprint density at radius 1 is 1.07 bits per heavy atom. The molecule has 0 saturated heterocycles. The highest BCUT2D eigenvalue weighted by molar-refractivity contribution is 7.93. The van der Waals surface area contributed by atoms with E-state index in [1.807, 2.05) is 13.0 Å². The molecule has 0 radical (unpaired) electrons. The normalized spacial score (nSPS) is 15.7. The molecule has 2 amide bonds. The molecule has 0 spiro atoms. The Hall–Kier alpha value is -2.67. The zero-order chi connectivity index (χ0) is 22.1. The molecule has 2 N–H and O–H groups in total. The predicted octanol–water partition coefficient (Wildman–Crippen LogP) is 3.15. The standard InChI is InChI=1S/C23H28N2O4S/c1-16-9-10-17(2)20(13-16)30(28,29)23(11-4-5-12-23)22(27)25(3)15-18-7-6-8-19(14-18)21(24)26/h6-10,13-14H,4-5,11-12,15H2,1-3H3,(H2,24,26). The molecule has 0 aromatic heterocycles. The molecule has 7 heteroatoms. The second-order valence-electron chi connectivity index (χ2n) is 8.20. The van der Waals surface area contributed by atoms with E-state index in [1.54, 1.807) is 50.4 Å². The molecule has 0 unspecified atom stereocenters. The molecule has 0 aliphatic heterocycles. The van der Waals surface area contributed by atoms with E-state index in [9.17, 15) is 18.0 Å².